The minimum atomic E-state index is -0.288. The van der Waals surface area contributed by atoms with Gasteiger partial charge in [0.1, 0.15) is 0 Å². The molecule has 0 amide bonds. The van der Waals surface area contributed by atoms with Gasteiger partial charge in [-0.1, -0.05) is 40.0 Å². The van der Waals surface area contributed by atoms with Gasteiger partial charge in [-0.2, -0.15) is 0 Å². The fraction of sp³-hybridized carbons (Fsp3) is 1.00. The van der Waals surface area contributed by atoms with Gasteiger partial charge in [-0.15, -0.1) is 0 Å². The third kappa shape index (κ3) is 4.12. The van der Waals surface area contributed by atoms with Crippen molar-refractivity contribution in [2.75, 3.05) is 6.61 Å². The molecule has 1 aliphatic rings. The lowest BCUT2D eigenvalue weighted by Gasteiger charge is -2.30. The second kappa shape index (κ2) is 6.49. The summed E-state index contributed by atoms with van der Waals surface area (Å²) in [7, 11) is 0. The van der Waals surface area contributed by atoms with Crippen molar-refractivity contribution in [3.05, 3.63) is 0 Å². The van der Waals surface area contributed by atoms with E-state index in [1.165, 1.54) is 25.7 Å². The zero-order valence-corrected chi connectivity index (χ0v) is 10.4. The van der Waals surface area contributed by atoms with Crippen LogP contribution in [0.4, 0.5) is 0 Å². The van der Waals surface area contributed by atoms with Crippen molar-refractivity contribution in [1.29, 1.82) is 0 Å². The number of aliphatic hydroxyl groups excluding tert-OH is 1. The summed E-state index contributed by atoms with van der Waals surface area (Å²) in [5.41, 5.74) is 0. The average Bonchev–Trinajstić information content (AvgIpc) is 2.26. The summed E-state index contributed by atoms with van der Waals surface area (Å²) in [6.45, 7) is 6.97. The van der Waals surface area contributed by atoms with Crippen LogP contribution in [-0.2, 0) is 4.74 Å². The Labute approximate surface area is 94.0 Å². The molecule has 4 atom stereocenters. The second-order valence-corrected chi connectivity index (χ2v) is 5.09. The predicted octanol–water partition coefficient (Wildman–Crippen LogP) is 2.99. The molecule has 4 unspecified atom stereocenters. The molecular formula is C13H26O2. The number of rotatable bonds is 5. The van der Waals surface area contributed by atoms with Gasteiger partial charge >= 0.3 is 0 Å². The Balaban J connectivity index is 2.23. The lowest BCUT2D eigenvalue weighted by atomic mass is 9.88. The van der Waals surface area contributed by atoms with Crippen LogP contribution in [0, 0.1) is 11.8 Å². The first-order valence-electron chi connectivity index (χ1n) is 6.44. The Morgan fingerprint density at radius 1 is 1.33 bits per heavy atom. The van der Waals surface area contributed by atoms with Gasteiger partial charge in [-0.05, 0) is 24.7 Å². The van der Waals surface area contributed by atoms with Gasteiger partial charge < -0.3 is 9.84 Å². The fourth-order valence-electron chi connectivity index (χ4n) is 2.19. The highest BCUT2D eigenvalue weighted by Gasteiger charge is 2.23. The normalized spacial score (nSPS) is 31.2. The van der Waals surface area contributed by atoms with Gasteiger partial charge in [0, 0.05) is 0 Å². The van der Waals surface area contributed by atoms with Crippen LogP contribution in [-0.4, -0.2) is 23.9 Å². The van der Waals surface area contributed by atoms with E-state index in [9.17, 15) is 5.11 Å². The van der Waals surface area contributed by atoms with Crippen molar-refractivity contribution in [3.63, 3.8) is 0 Å². The second-order valence-electron chi connectivity index (χ2n) is 5.09. The highest BCUT2D eigenvalue weighted by molar-refractivity contribution is 4.73. The van der Waals surface area contributed by atoms with Crippen LogP contribution in [0.2, 0.25) is 0 Å². The maximum absolute atomic E-state index is 9.81. The Morgan fingerprint density at radius 3 is 2.60 bits per heavy atom. The summed E-state index contributed by atoms with van der Waals surface area (Å²) in [4.78, 5) is 0. The van der Waals surface area contributed by atoms with Gasteiger partial charge in [0.25, 0.3) is 0 Å². The van der Waals surface area contributed by atoms with Crippen molar-refractivity contribution < 1.29 is 9.84 Å². The van der Waals surface area contributed by atoms with Crippen LogP contribution >= 0.6 is 0 Å². The molecule has 90 valence electrons. The van der Waals surface area contributed by atoms with Crippen molar-refractivity contribution in [3.8, 4) is 0 Å². The molecule has 15 heavy (non-hydrogen) atoms. The monoisotopic (exact) mass is 214 g/mol. The van der Waals surface area contributed by atoms with Crippen molar-refractivity contribution in [1.82, 2.24) is 0 Å². The number of ether oxygens (including phenoxy) is 1. The third-order valence-corrected chi connectivity index (χ3v) is 3.81. The molecule has 0 aliphatic heterocycles. The summed E-state index contributed by atoms with van der Waals surface area (Å²) in [5, 5.41) is 9.81. The van der Waals surface area contributed by atoms with Gasteiger partial charge in [0.05, 0.1) is 18.8 Å². The smallest absolute Gasteiger partial charge is 0.0799 e. The van der Waals surface area contributed by atoms with Crippen LogP contribution in [0.5, 0.6) is 0 Å². The van der Waals surface area contributed by atoms with E-state index >= 15 is 0 Å². The molecular weight excluding hydrogens is 188 g/mol. The number of aliphatic hydroxyl groups is 1. The summed E-state index contributed by atoms with van der Waals surface area (Å²) < 4.78 is 5.83. The average molecular weight is 214 g/mol. The van der Waals surface area contributed by atoms with E-state index in [-0.39, 0.29) is 6.10 Å². The first kappa shape index (κ1) is 13.0. The molecule has 0 heterocycles. The van der Waals surface area contributed by atoms with E-state index in [1.807, 2.05) is 0 Å². The van der Waals surface area contributed by atoms with Crippen LogP contribution in [0.1, 0.15) is 52.9 Å². The van der Waals surface area contributed by atoms with E-state index in [1.54, 1.807) is 0 Å². The SMILES string of the molecule is CCC(C)C(O)COC1CCCCC1C. The highest BCUT2D eigenvalue weighted by atomic mass is 16.5. The molecule has 1 aliphatic carbocycles. The molecule has 0 radical (unpaired) electrons. The Kier molecular flexibility index (Phi) is 5.62. The van der Waals surface area contributed by atoms with E-state index < -0.39 is 0 Å². The molecule has 2 heteroatoms. The molecule has 1 N–H and O–H groups in total. The zero-order valence-electron chi connectivity index (χ0n) is 10.4. The van der Waals surface area contributed by atoms with Crippen molar-refractivity contribution in [2.45, 2.75) is 65.1 Å². The third-order valence-electron chi connectivity index (χ3n) is 3.81. The molecule has 1 saturated carbocycles. The van der Waals surface area contributed by atoms with E-state index in [0.29, 0.717) is 24.5 Å². The molecule has 1 rings (SSSR count). The lowest BCUT2D eigenvalue weighted by Crippen LogP contribution is -2.31. The summed E-state index contributed by atoms with van der Waals surface area (Å²) in [6.07, 6.45) is 6.20. The van der Waals surface area contributed by atoms with Crippen LogP contribution in [0.25, 0.3) is 0 Å². The Hall–Kier alpha value is -0.0800. The minimum absolute atomic E-state index is 0.288. The quantitative estimate of drug-likeness (QED) is 0.762. The molecule has 0 saturated heterocycles. The van der Waals surface area contributed by atoms with Crippen LogP contribution in [0.3, 0.4) is 0 Å². The fourth-order valence-corrected chi connectivity index (χ4v) is 2.19. The summed E-state index contributed by atoms with van der Waals surface area (Å²) in [6, 6.07) is 0. The van der Waals surface area contributed by atoms with Gasteiger partial charge in [0.2, 0.25) is 0 Å². The largest absolute Gasteiger partial charge is 0.390 e. The topological polar surface area (TPSA) is 29.5 Å². The van der Waals surface area contributed by atoms with E-state index in [0.717, 1.165) is 6.42 Å². The molecule has 0 aromatic carbocycles. The first-order chi connectivity index (χ1) is 7.15. The highest BCUT2D eigenvalue weighted by Crippen LogP contribution is 2.26. The standard InChI is InChI=1S/C13H26O2/c1-4-10(2)12(14)9-15-13-8-6-5-7-11(13)3/h10-14H,4-9H2,1-3H3. The van der Waals surface area contributed by atoms with Crippen LogP contribution < -0.4 is 0 Å². The Morgan fingerprint density at radius 2 is 2.00 bits per heavy atom. The lowest BCUT2D eigenvalue weighted by molar-refractivity contribution is -0.0592. The van der Waals surface area contributed by atoms with Gasteiger partial charge in [0.15, 0.2) is 0 Å². The summed E-state index contributed by atoms with van der Waals surface area (Å²) >= 11 is 0. The maximum Gasteiger partial charge on any atom is 0.0799 e. The number of hydrogen-bond donors (Lipinski definition) is 1. The molecule has 0 aromatic rings. The molecule has 0 aromatic heterocycles. The van der Waals surface area contributed by atoms with Crippen LogP contribution in [0.15, 0.2) is 0 Å². The van der Waals surface area contributed by atoms with E-state index in [2.05, 4.69) is 20.8 Å². The van der Waals surface area contributed by atoms with Gasteiger partial charge in [-0.3, -0.25) is 0 Å². The van der Waals surface area contributed by atoms with E-state index in [4.69, 9.17) is 4.74 Å². The van der Waals surface area contributed by atoms with Crippen molar-refractivity contribution in [2.24, 2.45) is 11.8 Å². The predicted molar refractivity (Wildman–Crippen MR) is 62.8 cm³/mol. The molecule has 1 fully saturated rings. The minimum Gasteiger partial charge on any atom is -0.390 e. The number of hydrogen-bond acceptors (Lipinski definition) is 2. The zero-order chi connectivity index (χ0) is 11.3. The maximum atomic E-state index is 9.81. The summed E-state index contributed by atoms with van der Waals surface area (Å²) in [5.74, 6) is 1.02. The van der Waals surface area contributed by atoms with Gasteiger partial charge in [-0.25, -0.2) is 0 Å². The first-order valence-corrected chi connectivity index (χ1v) is 6.44. The molecule has 0 bridgehead atoms. The molecule has 2 nitrogen and oxygen atoms in total. The Bertz CT molecular complexity index is 170. The molecule has 0 spiro atoms. The van der Waals surface area contributed by atoms with Crippen molar-refractivity contribution >= 4 is 0 Å².